The first kappa shape index (κ1) is 13.4. The summed E-state index contributed by atoms with van der Waals surface area (Å²) in [6.45, 7) is 7.53. The molecule has 0 bridgehead atoms. The summed E-state index contributed by atoms with van der Waals surface area (Å²) < 4.78 is 0. The van der Waals surface area contributed by atoms with Crippen molar-refractivity contribution in [2.75, 3.05) is 6.54 Å². The number of hydrogen-bond donors (Lipinski definition) is 3. The largest absolute Gasteiger partial charge is 0.480 e. The van der Waals surface area contributed by atoms with Gasteiger partial charge in [0, 0.05) is 6.54 Å². The smallest absolute Gasteiger partial charge is 0.320 e. The lowest BCUT2D eigenvalue weighted by molar-refractivity contribution is -0.140. The molecule has 84 valence electrons. The van der Waals surface area contributed by atoms with Gasteiger partial charge in [0.2, 0.25) is 0 Å². The highest BCUT2D eigenvalue weighted by atomic mass is 16.4. The van der Waals surface area contributed by atoms with E-state index in [0.717, 1.165) is 0 Å². The van der Waals surface area contributed by atoms with Crippen molar-refractivity contribution in [2.24, 2.45) is 5.92 Å². The molecule has 0 aromatic heterocycles. The quantitative estimate of drug-likeness (QED) is 0.598. The standard InChI is InChI=1S/C10H21NO3/c1-7(2)5-8(9(12)13)11-6-10(3,4)14/h7-8,11,14H,5-6H2,1-4H3,(H,12,13). The van der Waals surface area contributed by atoms with Gasteiger partial charge in [-0.25, -0.2) is 0 Å². The zero-order chi connectivity index (χ0) is 11.4. The minimum atomic E-state index is -0.870. The number of carboxylic acids is 1. The van der Waals surface area contributed by atoms with Gasteiger partial charge in [-0.05, 0) is 26.2 Å². The summed E-state index contributed by atoms with van der Waals surface area (Å²) in [6, 6.07) is -0.568. The number of carbonyl (C=O) groups is 1. The Morgan fingerprint density at radius 2 is 1.93 bits per heavy atom. The van der Waals surface area contributed by atoms with Gasteiger partial charge in [-0.1, -0.05) is 13.8 Å². The van der Waals surface area contributed by atoms with Gasteiger partial charge >= 0.3 is 5.97 Å². The van der Waals surface area contributed by atoms with Gasteiger partial charge in [0.15, 0.2) is 0 Å². The van der Waals surface area contributed by atoms with Crippen LogP contribution in [0.2, 0.25) is 0 Å². The Morgan fingerprint density at radius 1 is 1.43 bits per heavy atom. The highest BCUT2D eigenvalue weighted by Crippen LogP contribution is 2.06. The van der Waals surface area contributed by atoms with Gasteiger partial charge in [-0.3, -0.25) is 4.79 Å². The Balaban J connectivity index is 4.05. The molecule has 0 radical (unpaired) electrons. The zero-order valence-corrected chi connectivity index (χ0v) is 9.37. The van der Waals surface area contributed by atoms with Crippen LogP contribution in [0.25, 0.3) is 0 Å². The molecule has 0 rings (SSSR count). The third-order valence-electron chi connectivity index (χ3n) is 1.79. The van der Waals surface area contributed by atoms with Crippen LogP contribution >= 0.6 is 0 Å². The van der Waals surface area contributed by atoms with Crippen LogP contribution in [0.1, 0.15) is 34.1 Å². The number of nitrogens with one attached hydrogen (secondary N) is 1. The van der Waals surface area contributed by atoms with E-state index >= 15 is 0 Å². The van der Waals surface area contributed by atoms with Crippen LogP contribution in [0.15, 0.2) is 0 Å². The second-order valence-corrected chi connectivity index (χ2v) is 4.71. The van der Waals surface area contributed by atoms with E-state index in [4.69, 9.17) is 5.11 Å². The van der Waals surface area contributed by atoms with Gasteiger partial charge in [0.1, 0.15) is 6.04 Å². The summed E-state index contributed by atoms with van der Waals surface area (Å²) in [4.78, 5) is 10.8. The lowest BCUT2D eigenvalue weighted by Gasteiger charge is -2.22. The van der Waals surface area contributed by atoms with Crippen molar-refractivity contribution >= 4 is 5.97 Å². The number of aliphatic hydroxyl groups is 1. The van der Waals surface area contributed by atoms with E-state index in [1.807, 2.05) is 13.8 Å². The molecule has 1 atom stereocenters. The van der Waals surface area contributed by atoms with E-state index in [9.17, 15) is 9.90 Å². The fourth-order valence-electron chi connectivity index (χ4n) is 1.12. The molecule has 4 heteroatoms. The molecular formula is C10H21NO3. The first-order chi connectivity index (χ1) is 6.22. The third-order valence-corrected chi connectivity index (χ3v) is 1.79. The molecule has 0 aromatic rings. The van der Waals surface area contributed by atoms with Crippen molar-refractivity contribution in [3.8, 4) is 0 Å². The summed E-state index contributed by atoms with van der Waals surface area (Å²) in [5.41, 5.74) is -0.870. The molecule has 4 nitrogen and oxygen atoms in total. The van der Waals surface area contributed by atoms with Crippen molar-refractivity contribution in [3.05, 3.63) is 0 Å². The van der Waals surface area contributed by atoms with E-state index in [0.29, 0.717) is 12.3 Å². The molecule has 0 aliphatic rings. The highest BCUT2D eigenvalue weighted by molar-refractivity contribution is 5.73. The SMILES string of the molecule is CC(C)CC(NCC(C)(C)O)C(=O)O. The first-order valence-corrected chi connectivity index (χ1v) is 4.91. The Bertz CT molecular complexity index is 184. The molecule has 0 aliphatic carbocycles. The minimum absolute atomic E-state index is 0.288. The number of rotatable bonds is 6. The van der Waals surface area contributed by atoms with Crippen molar-refractivity contribution in [1.29, 1.82) is 0 Å². The molecule has 1 unspecified atom stereocenters. The fourth-order valence-corrected chi connectivity index (χ4v) is 1.12. The fraction of sp³-hybridized carbons (Fsp3) is 0.900. The van der Waals surface area contributed by atoms with E-state index in [1.54, 1.807) is 13.8 Å². The monoisotopic (exact) mass is 203 g/mol. The Kier molecular flexibility index (Phi) is 5.08. The molecule has 14 heavy (non-hydrogen) atoms. The summed E-state index contributed by atoms with van der Waals surface area (Å²) in [7, 11) is 0. The van der Waals surface area contributed by atoms with E-state index in [2.05, 4.69) is 5.32 Å². The van der Waals surface area contributed by atoms with Crippen LogP contribution < -0.4 is 5.32 Å². The number of carboxylic acid groups (broad SMARTS) is 1. The van der Waals surface area contributed by atoms with Gasteiger partial charge in [-0.15, -0.1) is 0 Å². The summed E-state index contributed by atoms with van der Waals surface area (Å²) in [6.07, 6.45) is 0.575. The lowest BCUT2D eigenvalue weighted by Crippen LogP contribution is -2.45. The molecule has 0 heterocycles. The van der Waals surface area contributed by atoms with Crippen molar-refractivity contribution in [2.45, 2.75) is 45.8 Å². The van der Waals surface area contributed by atoms with Crippen molar-refractivity contribution < 1.29 is 15.0 Å². The van der Waals surface area contributed by atoms with E-state index < -0.39 is 17.6 Å². The van der Waals surface area contributed by atoms with Gasteiger partial charge in [0.25, 0.3) is 0 Å². The average molecular weight is 203 g/mol. The first-order valence-electron chi connectivity index (χ1n) is 4.91. The van der Waals surface area contributed by atoms with E-state index in [1.165, 1.54) is 0 Å². The maximum absolute atomic E-state index is 10.8. The summed E-state index contributed by atoms with van der Waals surface area (Å²) in [5.74, 6) is -0.534. The molecule has 3 N–H and O–H groups in total. The summed E-state index contributed by atoms with van der Waals surface area (Å²) >= 11 is 0. The Hall–Kier alpha value is -0.610. The second kappa shape index (κ2) is 5.32. The molecule has 0 aliphatic heterocycles. The van der Waals surface area contributed by atoms with Gasteiger partial charge in [0.05, 0.1) is 5.60 Å². The van der Waals surface area contributed by atoms with Crippen molar-refractivity contribution in [1.82, 2.24) is 5.32 Å². The number of hydrogen-bond acceptors (Lipinski definition) is 3. The topological polar surface area (TPSA) is 69.6 Å². The van der Waals surface area contributed by atoms with Crippen LogP contribution in [-0.4, -0.2) is 34.4 Å². The summed E-state index contributed by atoms with van der Waals surface area (Å²) in [5, 5.41) is 21.1. The molecule has 0 fully saturated rings. The molecule has 0 saturated heterocycles. The van der Waals surface area contributed by atoms with Crippen LogP contribution in [0.3, 0.4) is 0 Å². The molecule has 0 spiro atoms. The zero-order valence-electron chi connectivity index (χ0n) is 9.37. The molecule has 0 amide bonds. The van der Waals surface area contributed by atoms with Crippen LogP contribution in [0.5, 0.6) is 0 Å². The van der Waals surface area contributed by atoms with Crippen LogP contribution in [0, 0.1) is 5.92 Å². The Morgan fingerprint density at radius 3 is 2.21 bits per heavy atom. The number of aliphatic carboxylic acids is 1. The van der Waals surface area contributed by atoms with Gasteiger partial charge < -0.3 is 15.5 Å². The maximum Gasteiger partial charge on any atom is 0.320 e. The highest BCUT2D eigenvalue weighted by Gasteiger charge is 2.21. The minimum Gasteiger partial charge on any atom is -0.480 e. The lowest BCUT2D eigenvalue weighted by atomic mass is 10.0. The second-order valence-electron chi connectivity index (χ2n) is 4.71. The van der Waals surface area contributed by atoms with E-state index in [-0.39, 0.29) is 6.54 Å². The van der Waals surface area contributed by atoms with Crippen LogP contribution in [0.4, 0.5) is 0 Å². The predicted octanol–water partition coefficient (Wildman–Crippen LogP) is 0.846. The van der Waals surface area contributed by atoms with Crippen molar-refractivity contribution in [3.63, 3.8) is 0 Å². The van der Waals surface area contributed by atoms with Gasteiger partial charge in [-0.2, -0.15) is 0 Å². The third kappa shape index (κ3) is 6.86. The van der Waals surface area contributed by atoms with Crippen LogP contribution in [-0.2, 0) is 4.79 Å². The molecular weight excluding hydrogens is 182 g/mol. The Labute approximate surface area is 85.3 Å². The average Bonchev–Trinajstić information content (AvgIpc) is 1.94. The normalized spacial score (nSPS) is 14.4. The predicted molar refractivity (Wildman–Crippen MR) is 55.2 cm³/mol. The maximum atomic E-state index is 10.8. The molecule has 0 saturated carbocycles. The molecule has 0 aromatic carbocycles.